The Morgan fingerprint density at radius 3 is 2.58 bits per heavy atom. The van der Waals surface area contributed by atoms with Crippen molar-refractivity contribution in [2.24, 2.45) is 5.41 Å². The highest BCUT2D eigenvalue weighted by molar-refractivity contribution is 6.03. The molecule has 0 unspecified atom stereocenters. The van der Waals surface area contributed by atoms with Gasteiger partial charge in [-0.05, 0) is 75.0 Å². The van der Waals surface area contributed by atoms with E-state index in [2.05, 4.69) is 32.7 Å². The molecule has 2 N–H and O–H groups in total. The number of pyridine rings is 1. The van der Waals surface area contributed by atoms with Crippen LogP contribution in [0.3, 0.4) is 0 Å². The lowest BCUT2D eigenvalue weighted by Gasteiger charge is -2.42. The molecule has 1 saturated carbocycles. The molecule has 53 heavy (non-hydrogen) atoms. The van der Waals surface area contributed by atoms with E-state index in [0.717, 1.165) is 38.6 Å². The fourth-order valence-corrected chi connectivity index (χ4v) is 8.34. The molecule has 3 fully saturated rings. The second-order valence-electron chi connectivity index (χ2n) is 15.0. The van der Waals surface area contributed by atoms with Crippen LogP contribution in [0.25, 0.3) is 32.9 Å². The number of hydrogen-bond donors (Lipinski definition) is 2. The summed E-state index contributed by atoms with van der Waals surface area (Å²) in [6, 6.07) is 5.81. The molecule has 2 aromatic carbocycles. The number of nitrogens with one attached hydrogen (secondary N) is 1. The van der Waals surface area contributed by atoms with Gasteiger partial charge in [0.2, 0.25) is 0 Å². The molecule has 1 aliphatic carbocycles. The molecule has 8 rings (SSSR count). The lowest BCUT2D eigenvalue weighted by atomic mass is 9.94. The van der Waals surface area contributed by atoms with Crippen LogP contribution in [-0.2, 0) is 11.2 Å². The van der Waals surface area contributed by atoms with Crippen molar-refractivity contribution in [3.8, 4) is 35.4 Å². The number of rotatable bonds is 8. The predicted molar refractivity (Wildman–Crippen MR) is 190 cm³/mol. The Morgan fingerprint density at radius 2 is 1.87 bits per heavy atom. The van der Waals surface area contributed by atoms with Crippen LogP contribution in [-0.4, -0.2) is 88.8 Å². The highest BCUT2D eigenvalue weighted by Gasteiger charge is 2.46. The summed E-state index contributed by atoms with van der Waals surface area (Å²) in [7, 11) is 0. The Bertz CT molecular complexity index is 2090. The SMILES string of the molecule is C#Cc1c(F)ccc2cc(O)cc(-c3nc4c5c(nc(OCC6(CN7CCC(OC(F)(F)F)CC7)CC6)nc5c3F)N3C[C@@H](CC)NC[C@H]3CCC4)c12. The predicted octanol–water partition coefficient (Wildman–Crippen LogP) is 6.86. The van der Waals surface area contributed by atoms with Crippen molar-refractivity contribution in [2.75, 3.05) is 44.2 Å². The largest absolute Gasteiger partial charge is 0.522 e. The van der Waals surface area contributed by atoms with Crippen molar-refractivity contribution in [1.29, 1.82) is 0 Å². The third kappa shape index (κ3) is 7.06. The first-order valence-corrected chi connectivity index (χ1v) is 18.4. The van der Waals surface area contributed by atoms with Crippen LogP contribution in [0, 0.1) is 29.4 Å². The number of phenolic OH excluding ortho intramolecular Hbond substituents is 1. The average molecular weight is 737 g/mol. The Kier molecular flexibility index (Phi) is 9.31. The number of aryl methyl sites for hydroxylation is 1. The Hall–Kier alpha value is -4.32. The molecule has 4 aliphatic rings. The van der Waals surface area contributed by atoms with Gasteiger partial charge in [-0.25, -0.2) is 13.8 Å². The number of aromatic nitrogens is 3. The molecular formula is C39H41F5N6O3. The van der Waals surface area contributed by atoms with Gasteiger partial charge in [0, 0.05) is 61.2 Å². The summed E-state index contributed by atoms with van der Waals surface area (Å²) >= 11 is 0. The summed E-state index contributed by atoms with van der Waals surface area (Å²) in [4.78, 5) is 18.9. The molecule has 3 aliphatic heterocycles. The molecule has 14 heteroatoms. The number of terminal acetylenes is 1. The van der Waals surface area contributed by atoms with Crippen LogP contribution in [0.1, 0.15) is 63.1 Å². The second-order valence-corrected chi connectivity index (χ2v) is 15.0. The minimum absolute atomic E-state index is 0.0140. The molecule has 4 aromatic rings. The van der Waals surface area contributed by atoms with Crippen LogP contribution in [0.15, 0.2) is 24.3 Å². The Labute approximate surface area is 303 Å². The van der Waals surface area contributed by atoms with Gasteiger partial charge in [0.25, 0.3) is 0 Å². The van der Waals surface area contributed by atoms with Crippen LogP contribution in [0.5, 0.6) is 11.8 Å². The van der Waals surface area contributed by atoms with Crippen LogP contribution >= 0.6 is 0 Å². The van der Waals surface area contributed by atoms with Crippen molar-refractivity contribution in [3.05, 3.63) is 47.2 Å². The Morgan fingerprint density at radius 1 is 1.08 bits per heavy atom. The van der Waals surface area contributed by atoms with Crippen molar-refractivity contribution >= 4 is 27.5 Å². The van der Waals surface area contributed by atoms with Gasteiger partial charge in [-0.15, -0.1) is 19.6 Å². The van der Waals surface area contributed by atoms with Crippen molar-refractivity contribution in [2.45, 2.75) is 82.8 Å². The van der Waals surface area contributed by atoms with E-state index in [1.165, 1.54) is 24.3 Å². The average Bonchev–Trinajstić information content (AvgIpc) is 3.90. The number of fused-ring (bicyclic) bond motifs is 3. The lowest BCUT2D eigenvalue weighted by molar-refractivity contribution is -0.345. The van der Waals surface area contributed by atoms with E-state index >= 15 is 8.78 Å². The number of nitrogens with zero attached hydrogens (tertiary/aromatic N) is 5. The van der Waals surface area contributed by atoms with E-state index in [0.29, 0.717) is 67.7 Å². The minimum Gasteiger partial charge on any atom is -0.508 e. The summed E-state index contributed by atoms with van der Waals surface area (Å²) in [5.41, 5.74) is 0.371. The third-order valence-electron chi connectivity index (χ3n) is 11.3. The van der Waals surface area contributed by atoms with Crippen LogP contribution < -0.4 is 15.0 Å². The van der Waals surface area contributed by atoms with E-state index in [9.17, 15) is 18.3 Å². The number of halogens is 5. The first-order chi connectivity index (χ1) is 25.4. The van der Waals surface area contributed by atoms with Gasteiger partial charge in [0.15, 0.2) is 5.82 Å². The number of phenols is 1. The highest BCUT2D eigenvalue weighted by Crippen LogP contribution is 2.47. The number of ether oxygens (including phenoxy) is 2. The zero-order valence-electron chi connectivity index (χ0n) is 29.4. The minimum atomic E-state index is -4.64. The van der Waals surface area contributed by atoms with E-state index in [-0.39, 0.29) is 63.6 Å². The van der Waals surface area contributed by atoms with Gasteiger partial charge in [-0.2, -0.15) is 9.97 Å². The summed E-state index contributed by atoms with van der Waals surface area (Å²) in [5, 5.41) is 15.5. The smallest absolute Gasteiger partial charge is 0.508 e. The van der Waals surface area contributed by atoms with Gasteiger partial charge < -0.3 is 25.0 Å². The number of aromatic hydroxyl groups is 1. The molecule has 280 valence electrons. The summed E-state index contributed by atoms with van der Waals surface area (Å²) in [6.45, 7) is 5.38. The number of alkyl halides is 3. The maximum Gasteiger partial charge on any atom is 0.522 e. The quantitative estimate of drug-likeness (QED) is 0.149. The monoisotopic (exact) mass is 736 g/mol. The second kappa shape index (κ2) is 13.8. The van der Waals surface area contributed by atoms with E-state index in [1.54, 1.807) is 0 Å². The number of hydrogen-bond acceptors (Lipinski definition) is 9. The third-order valence-corrected chi connectivity index (χ3v) is 11.3. The molecule has 2 aromatic heterocycles. The molecule has 9 nitrogen and oxygen atoms in total. The fraction of sp³-hybridized carbons (Fsp3) is 0.513. The molecule has 2 saturated heterocycles. The number of piperazine rings is 1. The topological polar surface area (TPSA) is 95.9 Å². The van der Waals surface area contributed by atoms with Gasteiger partial charge in [-0.3, -0.25) is 4.74 Å². The van der Waals surface area contributed by atoms with E-state index in [1.807, 2.05) is 0 Å². The first kappa shape index (κ1) is 35.7. The van der Waals surface area contributed by atoms with Crippen molar-refractivity contribution in [1.82, 2.24) is 25.2 Å². The zero-order valence-corrected chi connectivity index (χ0v) is 29.4. The van der Waals surface area contributed by atoms with Crippen molar-refractivity contribution in [3.63, 3.8) is 0 Å². The van der Waals surface area contributed by atoms with Gasteiger partial charge in [-0.1, -0.05) is 18.9 Å². The summed E-state index contributed by atoms with van der Waals surface area (Å²) < 4.78 is 81.2. The fourth-order valence-electron chi connectivity index (χ4n) is 8.34. The van der Waals surface area contributed by atoms with Crippen LogP contribution in [0.4, 0.5) is 27.8 Å². The molecule has 2 atom stereocenters. The van der Waals surface area contributed by atoms with Crippen molar-refractivity contribution < 1.29 is 36.5 Å². The molecule has 0 bridgehead atoms. The Balaban J connectivity index is 1.19. The maximum atomic E-state index is 17.2. The number of piperidine rings is 1. The lowest BCUT2D eigenvalue weighted by Crippen LogP contribution is -2.57. The molecule has 0 spiro atoms. The number of benzene rings is 2. The molecule has 0 radical (unpaired) electrons. The van der Waals surface area contributed by atoms with Gasteiger partial charge in [0.05, 0.1) is 29.4 Å². The summed E-state index contributed by atoms with van der Waals surface area (Å²) in [6.07, 6.45) is 5.61. The number of anilines is 1. The normalized spacial score (nSPS) is 21.9. The molecule has 0 amide bonds. The van der Waals surface area contributed by atoms with E-state index in [4.69, 9.17) is 26.1 Å². The van der Waals surface area contributed by atoms with E-state index < -0.39 is 24.1 Å². The van der Waals surface area contributed by atoms with Gasteiger partial charge >= 0.3 is 12.4 Å². The summed E-state index contributed by atoms with van der Waals surface area (Å²) in [5.74, 6) is 1.39. The van der Waals surface area contributed by atoms with Gasteiger partial charge in [0.1, 0.15) is 28.6 Å². The number of likely N-dealkylation sites (tertiary alicyclic amines) is 1. The first-order valence-electron chi connectivity index (χ1n) is 18.4. The molecule has 5 heterocycles. The standard InChI is InChI=1S/C39H41F5N6O3/c1-3-23-19-50-24(18-45-23)6-5-7-30-32-35(33(41)34(46-30)28-17-25(51)16-22-8-9-29(40)27(4-2)31(22)28)47-37(48-36(32)50)52-21-38(12-13-38)20-49-14-10-26(11-15-49)53-39(42,43)44/h2,8-9,16-17,23-24,26,45,51H,3,5-7,10-15,18-21H2,1H3/t23-,24-/m1/s1. The highest BCUT2D eigenvalue weighted by atomic mass is 19.4. The zero-order chi connectivity index (χ0) is 37.1. The maximum absolute atomic E-state index is 17.2. The molecular weight excluding hydrogens is 695 g/mol. The van der Waals surface area contributed by atoms with Crippen LogP contribution in [0.2, 0.25) is 0 Å².